The molecule has 0 radical (unpaired) electrons. The fourth-order valence-corrected chi connectivity index (χ4v) is 2.35. The molecule has 1 saturated carbocycles. The minimum atomic E-state index is 0.229. The molecule has 0 aromatic rings. The zero-order valence-corrected chi connectivity index (χ0v) is 9.75. The van der Waals surface area contributed by atoms with Crippen LogP contribution >= 0.6 is 0 Å². The second-order valence-corrected chi connectivity index (χ2v) is 5.21. The Kier molecular flexibility index (Phi) is 3.29. The average molecular weight is 210 g/mol. The molecule has 0 aromatic heterocycles. The van der Waals surface area contributed by atoms with E-state index in [1.54, 1.807) is 0 Å². The van der Waals surface area contributed by atoms with Crippen LogP contribution in [0.15, 0.2) is 0 Å². The minimum absolute atomic E-state index is 0.229. The van der Waals surface area contributed by atoms with E-state index in [2.05, 4.69) is 24.5 Å². The van der Waals surface area contributed by atoms with Gasteiger partial charge in [0.25, 0.3) is 0 Å². The third kappa shape index (κ3) is 2.71. The average Bonchev–Trinajstić information content (AvgIpc) is 3.04. The van der Waals surface area contributed by atoms with Crippen molar-refractivity contribution in [2.75, 3.05) is 13.1 Å². The highest BCUT2D eigenvalue weighted by molar-refractivity contribution is 5.79. The monoisotopic (exact) mass is 210 g/mol. The van der Waals surface area contributed by atoms with Gasteiger partial charge in [0, 0.05) is 12.0 Å². The standard InChI is InChI=1S/C12H22N2O/c1-8-7-13-6-5-11(8)14-12(15)9(2)10-3-4-10/h8-11,13H,3-7H2,1-2H3,(H,14,15). The fourth-order valence-electron chi connectivity index (χ4n) is 2.35. The third-order valence-corrected chi connectivity index (χ3v) is 3.86. The molecule has 3 nitrogen and oxygen atoms in total. The maximum Gasteiger partial charge on any atom is 0.223 e. The van der Waals surface area contributed by atoms with Crippen LogP contribution in [0.1, 0.15) is 33.1 Å². The van der Waals surface area contributed by atoms with Crippen LogP contribution in [0.4, 0.5) is 0 Å². The van der Waals surface area contributed by atoms with Gasteiger partial charge in [-0.3, -0.25) is 4.79 Å². The molecule has 15 heavy (non-hydrogen) atoms. The van der Waals surface area contributed by atoms with Gasteiger partial charge in [-0.15, -0.1) is 0 Å². The lowest BCUT2D eigenvalue weighted by molar-refractivity contribution is -0.126. The van der Waals surface area contributed by atoms with E-state index in [-0.39, 0.29) is 11.8 Å². The van der Waals surface area contributed by atoms with Crippen LogP contribution < -0.4 is 10.6 Å². The first-order valence-electron chi connectivity index (χ1n) is 6.19. The molecule has 1 saturated heterocycles. The lowest BCUT2D eigenvalue weighted by atomic mass is 9.94. The molecular formula is C12H22N2O. The molecule has 3 atom stereocenters. The van der Waals surface area contributed by atoms with Crippen LogP contribution in [-0.4, -0.2) is 25.0 Å². The summed E-state index contributed by atoms with van der Waals surface area (Å²) in [5, 5.41) is 6.56. The Morgan fingerprint density at radius 2 is 2.13 bits per heavy atom. The molecular weight excluding hydrogens is 188 g/mol. The Morgan fingerprint density at radius 3 is 2.73 bits per heavy atom. The zero-order valence-electron chi connectivity index (χ0n) is 9.75. The normalized spacial score (nSPS) is 33.5. The Morgan fingerprint density at radius 1 is 1.40 bits per heavy atom. The molecule has 2 aliphatic rings. The van der Waals surface area contributed by atoms with E-state index in [4.69, 9.17) is 0 Å². The summed E-state index contributed by atoms with van der Waals surface area (Å²) < 4.78 is 0. The van der Waals surface area contributed by atoms with Gasteiger partial charge in [-0.05, 0) is 44.2 Å². The van der Waals surface area contributed by atoms with E-state index >= 15 is 0 Å². The van der Waals surface area contributed by atoms with Gasteiger partial charge in [0.1, 0.15) is 0 Å². The van der Waals surface area contributed by atoms with Crippen molar-refractivity contribution in [1.29, 1.82) is 0 Å². The van der Waals surface area contributed by atoms with Crippen molar-refractivity contribution >= 4 is 5.91 Å². The largest absolute Gasteiger partial charge is 0.353 e. The highest BCUT2D eigenvalue weighted by Gasteiger charge is 2.34. The molecule has 0 aromatic carbocycles. The predicted octanol–water partition coefficient (Wildman–Crippen LogP) is 1.15. The Hall–Kier alpha value is -0.570. The number of piperidine rings is 1. The molecule has 0 spiro atoms. The van der Waals surface area contributed by atoms with Crippen LogP contribution in [0.2, 0.25) is 0 Å². The molecule has 1 heterocycles. The van der Waals surface area contributed by atoms with Gasteiger partial charge >= 0.3 is 0 Å². The van der Waals surface area contributed by atoms with E-state index in [1.165, 1.54) is 12.8 Å². The van der Waals surface area contributed by atoms with Crippen molar-refractivity contribution in [2.45, 2.75) is 39.2 Å². The van der Waals surface area contributed by atoms with Gasteiger partial charge < -0.3 is 10.6 Å². The summed E-state index contributed by atoms with van der Waals surface area (Å²) in [4.78, 5) is 11.9. The summed E-state index contributed by atoms with van der Waals surface area (Å²) >= 11 is 0. The molecule has 2 rings (SSSR count). The summed E-state index contributed by atoms with van der Waals surface area (Å²) in [7, 11) is 0. The van der Waals surface area contributed by atoms with Gasteiger partial charge in [-0.2, -0.15) is 0 Å². The number of hydrogen-bond acceptors (Lipinski definition) is 2. The van der Waals surface area contributed by atoms with Crippen LogP contribution in [0.25, 0.3) is 0 Å². The van der Waals surface area contributed by atoms with Crippen molar-refractivity contribution in [2.24, 2.45) is 17.8 Å². The summed E-state index contributed by atoms with van der Waals surface area (Å²) in [5.74, 6) is 1.74. The summed E-state index contributed by atoms with van der Waals surface area (Å²) in [6.45, 7) is 6.34. The first kappa shape index (κ1) is 10.9. The Bertz CT molecular complexity index is 238. The highest BCUT2D eigenvalue weighted by atomic mass is 16.1. The smallest absolute Gasteiger partial charge is 0.223 e. The van der Waals surface area contributed by atoms with Crippen LogP contribution in [0.3, 0.4) is 0 Å². The van der Waals surface area contributed by atoms with Crippen molar-refractivity contribution < 1.29 is 4.79 Å². The molecule has 2 fully saturated rings. The first-order chi connectivity index (χ1) is 7.18. The van der Waals surface area contributed by atoms with E-state index in [0.717, 1.165) is 19.5 Å². The van der Waals surface area contributed by atoms with Gasteiger partial charge in [-0.25, -0.2) is 0 Å². The maximum atomic E-state index is 11.9. The van der Waals surface area contributed by atoms with Crippen LogP contribution in [-0.2, 0) is 4.79 Å². The molecule has 1 aliphatic heterocycles. The van der Waals surface area contributed by atoms with Crippen molar-refractivity contribution in [1.82, 2.24) is 10.6 Å². The predicted molar refractivity (Wildman–Crippen MR) is 60.5 cm³/mol. The Balaban J connectivity index is 1.81. The van der Waals surface area contributed by atoms with Crippen molar-refractivity contribution in [3.05, 3.63) is 0 Å². The highest BCUT2D eigenvalue weighted by Crippen LogP contribution is 2.36. The lowest BCUT2D eigenvalue weighted by Gasteiger charge is -2.31. The molecule has 86 valence electrons. The van der Waals surface area contributed by atoms with E-state index in [9.17, 15) is 4.79 Å². The lowest BCUT2D eigenvalue weighted by Crippen LogP contribution is -2.49. The number of amides is 1. The molecule has 3 heteroatoms. The second-order valence-electron chi connectivity index (χ2n) is 5.21. The molecule has 1 amide bonds. The summed E-state index contributed by atoms with van der Waals surface area (Å²) in [6.07, 6.45) is 3.57. The van der Waals surface area contributed by atoms with Gasteiger partial charge in [0.05, 0.1) is 0 Å². The Labute approximate surface area is 92.0 Å². The molecule has 3 unspecified atom stereocenters. The van der Waals surface area contributed by atoms with Crippen molar-refractivity contribution in [3.63, 3.8) is 0 Å². The number of carbonyl (C=O) groups excluding carboxylic acids is 1. The number of carbonyl (C=O) groups is 1. The SMILES string of the molecule is CC1CNCCC1NC(=O)C(C)C1CC1. The zero-order chi connectivity index (χ0) is 10.8. The topological polar surface area (TPSA) is 41.1 Å². The third-order valence-electron chi connectivity index (χ3n) is 3.86. The quantitative estimate of drug-likeness (QED) is 0.733. The number of nitrogens with one attached hydrogen (secondary N) is 2. The van der Waals surface area contributed by atoms with Gasteiger partial charge in [0.2, 0.25) is 5.91 Å². The summed E-state index contributed by atoms with van der Waals surface area (Å²) in [5.41, 5.74) is 0. The van der Waals surface area contributed by atoms with E-state index < -0.39 is 0 Å². The van der Waals surface area contributed by atoms with Gasteiger partial charge in [-0.1, -0.05) is 13.8 Å². The van der Waals surface area contributed by atoms with E-state index in [0.29, 0.717) is 17.9 Å². The first-order valence-corrected chi connectivity index (χ1v) is 6.19. The van der Waals surface area contributed by atoms with Crippen LogP contribution in [0.5, 0.6) is 0 Å². The van der Waals surface area contributed by atoms with Crippen molar-refractivity contribution in [3.8, 4) is 0 Å². The van der Waals surface area contributed by atoms with Crippen LogP contribution in [0, 0.1) is 17.8 Å². The molecule has 1 aliphatic carbocycles. The second kappa shape index (κ2) is 4.52. The summed E-state index contributed by atoms with van der Waals surface area (Å²) in [6, 6.07) is 0.389. The molecule has 2 N–H and O–H groups in total. The van der Waals surface area contributed by atoms with E-state index in [1.807, 2.05) is 0 Å². The maximum absolute atomic E-state index is 11.9. The fraction of sp³-hybridized carbons (Fsp3) is 0.917. The van der Waals surface area contributed by atoms with Gasteiger partial charge in [0.15, 0.2) is 0 Å². The molecule has 0 bridgehead atoms. The number of rotatable bonds is 3. The minimum Gasteiger partial charge on any atom is -0.353 e. The number of hydrogen-bond donors (Lipinski definition) is 2.